The maximum Gasteiger partial charge on any atom is 0.373 e. The van der Waals surface area contributed by atoms with Gasteiger partial charge in [0.15, 0.2) is 6.10 Å². The zero-order valence-electron chi connectivity index (χ0n) is 16.9. The fourth-order valence-corrected chi connectivity index (χ4v) is 2.53. The van der Waals surface area contributed by atoms with Crippen LogP contribution in [0.2, 0.25) is 0 Å². The molecule has 0 radical (unpaired) electrons. The number of methoxy groups -OCH3 is 1. The summed E-state index contributed by atoms with van der Waals surface area (Å²) in [5, 5.41) is 24.8. The van der Waals surface area contributed by atoms with Crippen LogP contribution >= 0.6 is 0 Å². The number of nitro groups is 1. The summed E-state index contributed by atoms with van der Waals surface area (Å²) >= 11 is 0. The number of ether oxygens (including phenoxy) is 1. The molecule has 0 aliphatic heterocycles. The lowest BCUT2D eigenvalue weighted by Gasteiger charge is -2.20. The Balaban J connectivity index is 0.00000242. The van der Waals surface area contributed by atoms with Gasteiger partial charge >= 0.3 is 12.1 Å². The normalized spacial score (nSPS) is 11.2. The van der Waals surface area contributed by atoms with Crippen molar-refractivity contribution in [2.75, 3.05) is 12.4 Å². The van der Waals surface area contributed by atoms with Crippen molar-refractivity contribution >= 4 is 35.3 Å². The number of nitro benzene ring substituents is 1. The predicted octanol–water partition coefficient (Wildman–Crippen LogP) is 2.12. The van der Waals surface area contributed by atoms with Crippen molar-refractivity contribution in [3.8, 4) is 0 Å². The van der Waals surface area contributed by atoms with E-state index in [1.807, 2.05) is 0 Å². The van der Waals surface area contributed by atoms with Gasteiger partial charge in [0.2, 0.25) is 0 Å². The number of carbonyl (C=O) groups is 3. The number of rotatable bonds is 8. The Hall–Kier alpha value is -4.41. The number of non-ortho nitro benzene ring substituents is 1. The van der Waals surface area contributed by atoms with E-state index in [0.29, 0.717) is 5.69 Å². The number of nitrogens with zero attached hydrogens (tertiary/aromatic N) is 1. The van der Waals surface area contributed by atoms with Crippen molar-refractivity contribution in [2.24, 2.45) is 0 Å². The van der Waals surface area contributed by atoms with Crippen LogP contribution in [0.5, 0.6) is 0 Å². The highest BCUT2D eigenvalue weighted by Gasteiger charge is 2.25. The molecule has 0 aliphatic rings. The lowest BCUT2D eigenvalue weighted by molar-refractivity contribution is -0.384. The van der Waals surface area contributed by atoms with Gasteiger partial charge in [-0.3, -0.25) is 19.7 Å². The average Bonchev–Trinajstić information content (AvgIpc) is 2.75. The van der Waals surface area contributed by atoms with Crippen LogP contribution in [0.4, 0.5) is 11.4 Å². The van der Waals surface area contributed by atoms with Crippen molar-refractivity contribution in [3.63, 3.8) is 0 Å². The highest BCUT2D eigenvalue weighted by Crippen LogP contribution is 2.15. The number of carbonyl (C=O) groups excluding carboxylic acids is 4. The minimum atomic E-state index is -1.19. The summed E-state index contributed by atoms with van der Waals surface area (Å²) in [6.07, 6.45) is -0.931. The Bertz CT molecular complexity index is 999. The first-order valence-corrected chi connectivity index (χ1v) is 8.86. The Labute approximate surface area is 188 Å². The molecule has 33 heavy (non-hydrogen) atoms. The SMILES string of the molecule is C.CO[C@@H](C(=O)O)[C@H](C)NC(=O)c1ccc(NC(=O)c2ccc([N+](=O)[O-])cc2)cc1.O=C=O. The molecular formula is C21H23N3O9. The first-order valence-electron chi connectivity index (χ1n) is 8.86. The van der Waals surface area contributed by atoms with Crippen molar-refractivity contribution in [3.05, 3.63) is 69.8 Å². The fourth-order valence-electron chi connectivity index (χ4n) is 2.53. The molecule has 2 atom stereocenters. The van der Waals surface area contributed by atoms with Crippen LogP contribution in [0.3, 0.4) is 0 Å². The Morgan fingerprint density at radius 1 is 1.00 bits per heavy atom. The summed E-state index contributed by atoms with van der Waals surface area (Å²) in [6.45, 7) is 1.51. The molecule has 2 amide bonds. The molecule has 12 heteroatoms. The van der Waals surface area contributed by atoms with Gasteiger partial charge in [0.1, 0.15) is 0 Å². The van der Waals surface area contributed by atoms with E-state index in [9.17, 15) is 24.5 Å². The monoisotopic (exact) mass is 461 g/mol. The molecule has 176 valence electrons. The summed E-state index contributed by atoms with van der Waals surface area (Å²) in [7, 11) is 1.24. The van der Waals surface area contributed by atoms with Crippen LogP contribution < -0.4 is 10.6 Å². The van der Waals surface area contributed by atoms with Gasteiger partial charge in [-0.1, -0.05) is 7.43 Å². The van der Waals surface area contributed by atoms with Crippen LogP contribution in [0.15, 0.2) is 48.5 Å². The Kier molecular flexibility index (Phi) is 12.0. The molecule has 3 N–H and O–H groups in total. The fraction of sp³-hybridized carbons (Fsp3) is 0.238. The van der Waals surface area contributed by atoms with Crippen LogP contribution in [0, 0.1) is 10.1 Å². The third kappa shape index (κ3) is 8.69. The van der Waals surface area contributed by atoms with Gasteiger partial charge in [-0.15, -0.1) is 0 Å². The zero-order chi connectivity index (χ0) is 24.3. The largest absolute Gasteiger partial charge is 0.479 e. The quantitative estimate of drug-likeness (QED) is 0.391. The standard InChI is InChI=1S/C19H19N3O7.CO2.CH4/c1-11(16(29-2)19(25)26)20-17(23)12-3-7-14(8-4-12)21-18(24)13-5-9-15(10-6-13)22(27)28;2-1-3;/h3-11,16H,1-2H3,(H,20,23)(H,21,24)(H,25,26);;1H4/t11-,16+;;/m0../s1. The summed E-state index contributed by atoms with van der Waals surface area (Å²) in [5.74, 6) is -2.14. The second-order valence-electron chi connectivity index (χ2n) is 6.18. The first kappa shape index (κ1) is 28.6. The molecule has 0 aromatic heterocycles. The molecule has 12 nitrogen and oxygen atoms in total. The van der Waals surface area contributed by atoms with Crippen LogP contribution in [-0.4, -0.2) is 53.2 Å². The van der Waals surface area contributed by atoms with Gasteiger partial charge in [-0.25, -0.2) is 4.79 Å². The predicted molar refractivity (Wildman–Crippen MR) is 115 cm³/mol. The number of nitrogens with one attached hydrogen (secondary N) is 2. The number of hydrogen-bond donors (Lipinski definition) is 3. The highest BCUT2D eigenvalue weighted by molar-refractivity contribution is 6.04. The minimum Gasteiger partial charge on any atom is -0.479 e. The van der Waals surface area contributed by atoms with Crippen LogP contribution in [0.1, 0.15) is 35.1 Å². The lowest BCUT2D eigenvalue weighted by atomic mass is 10.1. The second kappa shape index (κ2) is 13.8. The molecule has 0 spiro atoms. The van der Waals surface area contributed by atoms with Crippen molar-refractivity contribution < 1.29 is 38.7 Å². The molecule has 0 bridgehead atoms. The number of benzene rings is 2. The topological polar surface area (TPSA) is 182 Å². The molecule has 2 rings (SSSR count). The molecule has 0 unspecified atom stereocenters. The molecular weight excluding hydrogens is 438 g/mol. The van der Waals surface area contributed by atoms with Crippen molar-refractivity contribution in [1.82, 2.24) is 5.32 Å². The molecule has 2 aromatic rings. The van der Waals surface area contributed by atoms with Crippen LogP contribution in [-0.2, 0) is 19.1 Å². The van der Waals surface area contributed by atoms with E-state index in [2.05, 4.69) is 10.6 Å². The minimum absolute atomic E-state index is 0. The average molecular weight is 461 g/mol. The summed E-state index contributed by atoms with van der Waals surface area (Å²) in [5.41, 5.74) is 0.805. The molecule has 0 saturated heterocycles. The maximum absolute atomic E-state index is 12.2. The van der Waals surface area contributed by atoms with E-state index in [-0.39, 0.29) is 30.4 Å². The number of amides is 2. The van der Waals surface area contributed by atoms with E-state index in [1.54, 1.807) is 0 Å². The third-order valence-electron chi connectivity index (χ3n) is 4.06. The smallest absolute Gasteiger partial charge is 0.373 e. The van der Waals surface area contributed by atoms with Gasteiger partial charge in [0, 0.05) is 36.1 Å². The van der Waals surface area contributed by atoms with Crippen LogP contribution in [0.25, 0.3) is 0 Å². The number of carboxylic acids is 1. The van der Waals surface area contributed by atoms with E-state index in [1.165, 1.54) is 62.6 Å². The van der Waals surface area contributed by atoms with Crippen molar-refractivity contribution in [2.45, 2.75) is 26.5 Å². The second-order valence-corrected chi connectivity index (χ2v) is 6.18. The third-order valence-corrected chi connectivity index (χ3v) is 4.06. The maximum atomic E-state index is 12.2. The molecule has 2 aromatic carbocycles. The van der Waals surface area contributed by atoms with E-state index in [0.717, 1.165) is 0 Å². The van der Waals surface area contributed by atoms with E-state index >= 15 is 0 Å². The van der Waals surface area contributed by atoms with E-state index in [4.69, 9.17) is 19.4 Å². The highest BCUT2D eigenvalue weighted by atomic mass is 16.6. The first-order chi connectivity index (χ1) is 15.1. The summed E-state index contributed by atoms with van der Waals surface area (Å²) < 4.78 is 4.84. The number of anilines is 1. The Morgan fingerprint density at radius 2 is 1.45 bits per heavy atom. The zero-order valence-corrected chi connectivity index (χ0v) is 16.9. The summed E-state index contributed by atoms with van der Waals surface area (Å²) in [4.78, 5) is 61.8. The number of aliphatic carboxylic acids is 1. The molecule has 0 heterocycles. The molecule has 0 fully saturated rings. The molecule has 0 aliphatic carbocycles. The van der Waals surface area contributed by atoms with Gasteiger partial charge in [-0.05, 0) is 43.3 Å². The van der Waals surface area contributed by atoms with Gasteiger partial charge < -0.3 is 20.5 Å². The van der Waals surface area contributed by atoms with Crippen molar-refractivity contribution in [1.29, 1.82) is 0 Å². The van der Waals surface area contributed by atoms with Gasteiger partial charge in [0.25, 0.3) is 17.5 Å². The Morgan fingerprint density at radius 3 is 1.88 bits per heavy atom. The number of carboxylic acid groups (broad SMARTS) is 1. The van der Waals surface area contributed by atoms with E-state index < -0.39 is 34.9 Å². The lowest BCUT2D eigenvalue weighted by Crippen LogP contribution is -2.45. The summed E-state index contributed by atoms with van der Waals surface area (Å²) in [6, 6.07) is 10.3. The van der Waals surface area contributed by atoms with Gasteiger partial charge in [0.05, 0.1) is 11.0 Å². The number of hydrogen-bond acceptors (Lipinski definition) is 8. The van der Waals surface area contributed by atoms with Gasteiger partial charge in [-0.2, -0.15) is 9.59 Å². The molecule has 0 saturated carbocycles.